The molecule has 0 spiro atoms. The van der Waals surface area contributed by atoms with Crippen LogP contribution in [0.5, 0.6) is 0 Å². The number of rotatable bonds is 5. The quantitative estimate of drug-likeness (QED) is 0.767. The van der Waals surface area contributed by atoms with E-state index >= 15 is 0 Å². The molecule has 1 saturated carbocycles. The van der Waals surface area contributed by atoms with E-state index in [0.717, 1.165) is 12.5 Å². The second kappa shape index (κ2) is 7.49. The van der Waals surface area contributed by atoms with Crippen LogP contribution in [0.3, 0.4) is 0 Å². The molecule has 2 aliphatic rings. The molecular formula is C19H32N2. The van der Waals surface area contributed by atoms with Crippen molar-refractivity contribution in [3.05, 3.63) is 23.5 Å². The Morgan fingerprint density at radius 3 is 2.67 bits per heavy atom. The van der Waals surface area contributed by atoms with Crippen LogP contribution in [-0.4, -0.2) is 11.1 Å². The summed E-state index contributed by atoms with van der Waals surface area (Å²) in [5.74, 6) is 0.928. The number of hydrogen-bond donors (Lipinski definition) is 1. The Hall–Kier alpha value is -0.760. The van der Waals surface area contributed by atoms with Crippen LogP contribution in [0.2, 0.25) is 0 Å². The van der Waals surface area contributed by atoms with Gasteiger partial charge in [-0.15, -0.1) is 0 Å². The minimum Gasteiger partial charge on any atom is -0.353 e. The highest BCUT2D eigenvalue weighted by atomic mass is 15.0. The van der Waals surface area contributed by atoms with Crippen LogP contribution in [0.1, 0.15) is 81.9 Å². The van der Waals surface area contributed by atoms with Crippen molar-refractivity contribution in [1.82, 2.24) is 9.88 Å². The van der Waals surface area contributed by atoms with Crippen molar-refractivity contribution >= 4 is 0 Å². The molecule has 2 heteroatoms. The van der Waals surface area contributed by atoms with E-state index in [0.29, 0.717) is 6.04 Å². The Balaban J connectivity index is 1.69. The first kappa shape index (κ1) is 15.1. The van der Waals surface area contributed by atoms with Gasteiger partial charge in [0.2, 0.25) is 0 Å². The second-order valence-corrected chi connectivity index (χ2v) is 7.19. The van der Waals surface area contributed by atoms with Gasteiger partial charge in [-0.2, -0.15) is 0 Å². The lowest BCUT2D eigenvalue weighted by Crippen LogP contribution is -2.22. The Labute approximate surface area is 130 Å². The highest BCUT2D eigenvalue weighted by molar-refractivity contribution is 5.29. The van der Waals surface area contributed by atoms with E-state index in [-0.39, 0.29) is 0 Å². The molecule has 1 unspecified atom stereocenters. The predicted molar refractivity (Wildman–Crippen MR) is 89.6 cm³/mol. The Morgan fingerprint density at radius 2 is 1.86 bits per heavy atom. The molecule has 1 N–H and O–H groups in total. The summed E-state index contributed by atoms with van der Waals surface area (Å²) in [5.41, 5.74) is 3.23. The van der Waals surface area contributed by atoms with Crippen molar-refractivity contribution in [1.29, 1.82) is 0 Å². The van der Waals surface area contributed by atoms with Crippen LogP contribution >= 0.6 is 0 Å². The van der Waals surface area contributed by atoms with Crippen LogP contribution in [-0.2, 0) is 13.0 Å². The number of fused-ring (bicyclic) bond motifs is 1. The molecule has 3 rings (SSSR count). The van der Waals surface area contributed by atoms with Gasteiger partial charge < -0.3 is 9.88 Å². The average molecular weight is 288 g/mol. The normalized spacial score (nSPS) is 23.8. The molecule has 2 aliphatic carbocycles. The minimum atomic E-state index is 0.607. The van der Waals surface area contributed by atoms with Crippen LogP contribution in [0.4, 0.5) is 0 Å². The fourth-order valence-corrected chi connectivity index (χ4v) is 4.22. The summed E-state index contributed by atoms with van der Waals surface area (Å²) < 4.78 is 2.52. The Kier molecular flexibility index (Phi) is 5.40. The molecule has 2 nitrogen and oxygen atoms in total. The molecule has 0 aromatic carbocycles. The zero-order valence-corrected chi connectivity index (χ0v) is 13.7. The molecule has 1 aromatic rings. The standard InChI is InChI=1S/C19H32N2/c1-2-12-20-19-11-7-6-10-17-14-21(15-18(17)19)13-16-8-4-3-5-9-16/h14-16,19-20H,2-13H2,1H3. The van der Waals surface area contributed by atoms with Gasteiger partial charge in [0.25, 0.3) is 0 Å². The van der Waals surface area contributed by atoms with E-state index in [1.165, 1.54) is 70.8 Å². The Morgan fingerprint density at radius 1 is 1.05 bits per heavy atom. The van der Waals surface area contributed by atoms with Gasteiger partial charge in [-0.05, 0) is 62.1 Å². The van der Waals surface area contributed by atoms with E-state index in [1.54, 1.807) is 11.1 Å². The van der Waals surface area contributed by atoms with Crippen LogP contribution in [0.25, 0.3) is 0 Å². The first-order chi connectivity index (χ1) is 10.4. The maximum absolute atomic E-state index is 3.77. The smallest absolute Gasteiger partial charge is 0.0338 e. The van der Waals surface area contributed by atoms with Gasteiger partial charge in [0, 0.05) is 25.0 Å². The maximum atomic E-state index is 3.77. The third-order valence-electron chi connectivity index (χ3n) is 5.40. The van der Waals surface area contributed by atoms with Crippen molar-refractivity contribution < 1.29 is 0 Å². The summed E-state index contributed by atoms with van der Waals surface area (Å²) >= 11 is 0. The summed E-state index contributed by atoms with van der Waals surface area (Å²) in [6.45, 7) is 4.67. The zero-order valence-electron chi connectivity index (χ0n) is 13.7. The van der Waals surface area contributed by atoms with E-state index in [2.05, 4.69) is 29.2 Å². The van der Waals surface area contributed by atoms with Crippen LogP contribution in [0, 0.1) is 5.92 Å². The molecular weight excluding hydrogens is 256 g/mol. The van der Waals surface area contributed by atoms with Crippen molar-refractivity contribution in [3.8, 4) is 0 Å². The molecule has 0 saturated heterocycles. The molecule has 1 fully saturated rings. The van der Waals surface area contributed by atoms with Gasteiger partial charge in [0.1, 0.15) is 0 Å². The highest BCUT2D eigenvalue weighted by Crippen LogP contribution is 2.31. The van der Waals surface area contributed by atoms with Crippen molar-refractivity contribution in [3.63, 3.8) is 0 Å². The first-order valence-corrected chi connectivity index (χ1v) is 9.28. The summed E-state index contributed by atoms with van der Waals surface area (Å²) in [5, 5.41) is 3.77. The lowest BCUT2D eigenvalue weighted by Gasteiger charge is -2.22. The zero-order chi connectivity index (χ0) is 14.5. The van der Waals surface area contributed by atoms with Gasteiger partial charge >= 0.3 is 0 Å². The van der Waals surface area contributed by atoms with Crippen LogP contribution < -0.4 is 5.32 Å². The fourth-order valence-electron chi connectivity index (χ4n) is 4.22. The summed E-state index contributed by atoms with van der Waals surface area (Å²) in [4.78, 5) is 0. The number of aryl methyl sites for hydroxylation is 1. The topological polar surface area (TPSA) is 17.0 Å². The molecule has 0 radical (unpaired) electrons. The monoisotopic (exact) mass is 288 g/mol. The molecule has 21 heavy (non-hydrogen) atoms. The maximum Gasteiger partial charge on any atom is 0.0338 e. The lowest BCUT2D eigenvalue weighted by atomic mass is 9.89. The second-order valence-electron chi connectivity index (χ2n) is 7.19. The van der Waals surface area contributed by atoms with E-state index in [1.807, 2.05) is 0 Å². The largest absolute Gasteiger partial charge is 0.353 e. The van der Waals surface area contributed by atoms with E-state index < -0.39 is 0 Å². The number of nitrogens with one attached hydrogen (secondary N) is 1. The fraction of sp³-hybridized carbons (Fsp3) is 0.789. The molecule has 1 aromatic heterocycles. The summed E-state index contributed by atoms with van der Waals surface area (Å²) in [6.07, 6.45) is 18.8. The SMILES string of the molecule is CCCNC1CCCCc2cn(CC3CCCCC3)cc21. The number of aromatic nitrogens is 1. The van der Waals surface area contributed by atoms with Gasteiger partial charge in [-0.3, -0.25) is 0 Å². The third kappa shape index (κ3) is 3.91. The highest BCUT2D eigenvalue weighted by Gasteiger charge is 2.21. The van der Waals surface area contributed by atoms with Gasteiger partial charge in [0.05, 0.1) is 0 Å². The van der Waals surface area contributed by atoms with Gasteiger partial charge in [-0.1, -0.05) is 32.6 Å². The lowest BCUT2D eigenvalue weighted by molar-refractivity contribution is 0.319. The first-order valence-electron chi connectivity index (χ1n) is 9.28. The minimum absolute atomic E-state index is 0.607. The molecule has 1 atom stereocenters. The average Bonchev–Trinajstić information content (AvgIpc) is 2.81. The summed E-state index contributed by atoms with van der Waals surface area (Å²) in [6, 6.07) is 0.607. The number of hydrogen-bond acceptors (Lipinski definition) is 1. The Bertz CT molecular complexity index is 429. The summed E-state index contributed by atoms with van der Waals surface area (Å²) in [7, 11) is 0. The molecule has 118 valence electrons. The molecule has 0 amide bonds. The van der Waals surface area contributed by atoms with Gasteiger partial charge in [0.15, 0.2) is 0 Å². The van der Waals surface area contributed by atoms with Gasteiger partial charge in [-0.25, -0.2) is 0 Å². The van der Waals surface area contributed by atoms with Crippen molar-refractivity contribution in [2.75, 3.05) is 6.54 Å². The van der Waals surface area contributed by atoms with E-state index in [4.69, 9.17) is 0 Å². The molecule has 0 bridgehead atoms. The van der Waals surface area contributed by atoms with E-state index in [9.17, 15) is 0 Å². The van der Waals surface area contributed by atoms with Crippen LogP contribution in [0.15, 0.2) is 12.4 Å². The van der Waals surface area contributed by atoms with Crippen molar-refractivity contribution in [2.24, 2.45) is 5.92 Å². The predicted octanol–water partition coefficient (Wildman–Crippen LogP) is 4.84. The number of nitrogens with zero attached hydrogens (tertiary/aromatic N) is 1. The molecule has 0 aliphatic heterocycles. The third-order valence-corrected chi connectivity index (χ3v) is 5.40. The van der Waals surface area contributed by atoms with Crippen molar-refractivity contribution in [2.45, 2.75) is 83.7 Å². The molecule has 1 heterocycles.